The molecule has 1 aromatic rings. The number of hydrogen-bond acceptors (Lipinski definition) is 7. The van der Waals surface area contributed by atoms with Crippen LogP contribution in [0.4, 0.5) is 11.5 Å². The molecule has 0 bridgehead atoms. The molecule has 94 valence electrons. The van der Waals surface area contributed by atoms with E-state index in [1.807, 2.05) is 0 Å². The second kappa shape index (κ2) is 6.18. The van der Waals surface area contributed by atoms with Gasteiger partial charge in [0.15, 0.2) is 0 Å². The summed E-state index contributed by atoms with van der Waals surface area (Å²) in [4.78, 5) is 24.7. The predicted octanol–water partition coefficient (Wildman–Crippen LogP) is 2.15. The second-order valence-corrected chi connectivity index (χ2v) is 3.11. The summed E-state index contributed by atoms with van der Waals surface area (Å²) in [5.41, 5.74) is -0.00563. The summed E-state index contributed by atoms with van der Waals surface area (Å²) in [5, 5.41) is 17.9. The quantitative estimate of drug-likeness (QED) is 0.267. The molecule has 0 fully saturated rings. The van der Waals surface area contributed by atoms with Gasteiger partial charge in [0.25, 0.3) is 5.82 Å². The molecule has 1 rings (SSSR count). The van der Waals surface area contributed by atoms with Crippen LogP contribution in [0.2, 0.25) is 0 Å². The number of ether oxygens (including phenoxy) is 1. The fourth-order valence-electron chi connectivity index (χ4n) is 0.993. The van der Waals surface area contributed by atoms with Crippen molar-refractivity contribution in [1.29, 1.82) is 0 Å². The SMILES string of the molecule is COC(=O)C=C(C)N=Nc1ncccc1[N+](=O)[O-]. The lowest BCUT2D eigenvalue weighted by Crippen LogP contribution is -1.94. The summed E-state index contributed by atoms with van der Waals surface area (Å²) < 4.78 is 4.39. The fourth-order valence-corrected chi connectivity index (χ4v) is 0.993. The zero-order valence-corrected chi connectivity index (χ0v) is 9.73. The highest BCUT2D eigenvalue weighted by Gasteiger charge is 2.13. The highest BCUT2D eigenvalue weighted by Crippen LogP contribution is 2.24. The number of aromatic nitrogens is 1. The smallest absolute Gasteiger partial charge is 0.332 e. The molecule has 1 heterocycles. The van der Waals surface area contributed by atoms with Crippen LogP contribution < -0.4 is 0 Å². The molecule has 8 nitrogen and oxygen atoms in total. The van der Waals surface area contributed by atoms with Crippen molar-refractivity contribution in [3.8, 4) is 0 Å². The number of carbonyl (C=O) groups is 1. The van der Waals surface area contributed by atoms with Crippen LogP contribution in [-0.2, 0) is 9.53 Å². The Bertz CT molecular complexity index is 524. The van der Waals surface area contributed by atoms with Crippen molar-refractivity contribution in [2.75, 3.05) is 7.11 Å². The number of methoxy groups -OCH3 is 1. The molecule has 0 radical (unpaired) electrons. The van der Waals surface area contributed by atoms with Crippen molar-refractivity contribution in [3.05, 3.63) is 40.2 Å². The third-order valence-electron chi connectivity index (χ3n) is 1.79. The van der Waals surface area contributed by atoms with Crippen LogP contribution in [0.1, 0.15) is 6.92 Å². The van der Waals surface area contributed by atoms with Crippen molar-refractivity contribution in [1.82, 2.24) is 4.98 Å². The fraction of sp³-hybridized carbons (Fsp3) is 0.200. The number of esters is 1. The summed E-state index contributed by atoms with van der Waals surface area (Å²) in [6, 6.07) is 2.69. The minimum atomic E-state index is -0.610. The molecular weight excluding hydrogens is 240 g/mol. The summed E-state index contributed by atoms with van der Waals surface area (Å²) >= 11 is 0. The van der Waals surface area contributed by atoms with Crippen LogP contribution in [0, 0.1) is 10.1 Å². The van der Waals surface area contributed by atoms with Gasteiger partial charge in [-0.2, -0.15) is 5.11 Å². The van der Waals surface area contributed by atoms with Crippen LogP contribution in [-0.4, -0.2) is 23.0 Å². The van der Waals surface area contributed by atoms with E-state index in [1.54, 1.807) is 0 Å². The number of carbonyl (C=O) groups excluding carboxylic acids is 1. The maximum Gasteiger partial charge on any atom is 0.332 e. The van der Waals surface area contributed by atoms with Gasteiger partial charge < -0.3 is 4.74 Å². The second-order valence-electron chi connectivity index (χ2n) is 3.11. The number of nitro groups is 1. The van der Waals surface area contributed by atoms with E-state index in [1.165, 1.54) is 32.4 Å². The van der Waals surface area contributed by atoms with Crippen molar-refractivity contribution in [2.24, 2.45) is 10.2 Å². The number of pyridine rings is 1. The molecule has 0 aliphatic carbocycles. The van der Waals surface area contributed by atoms with Gasteiger partial charge in [0.05, 0.1) is 17.7 Å². The maximum atomic E-state index is 10.9. The van der Waals surface area contributed by atoms with Crippen LogP contribution in [0.3, 0.4) is 0 Å². The molecule has 0 aromatic carbocycles. The number of azo groups is 1. The Morgan fingerprint density at radius 1 is 1.61 bits per heavy atom. The molecule has 0 atom stereocenters. The normalized spacial score (nSPS) is 11.6. The monoisotopic (exact) mass is 250 g/mol. The maximum absolute atomic E-state index is 10.9. The first kappa shape index (κ1) is 13.4. The van der Waals surface area contributed by atoms with E-state index in [-0.39, 0.29) is 17.2 Å². The van der Waals surface area contributed by atoms with Gasteiger partial charge in [0.2, 0.25) is 0 Å². The molecule has 0 spiro atoms. The van der Waals surface area contributed by atoms with E-state index in [0.29, 0.717) is 0 Å². The third kappa shape index (κ3) is 3.74. The lowest BCUT2D eigenvalue weighted by Gasteiger charge is -1.94. The van der Waals surface area contributed by atoms with E-state index in [2.05, 4.69) is 19.9 Å². The lowest BCUT2D eigenvalue weighted by atomic mass is 10.4. The van der Waals surface area contributed by atoms with E-state index in [9.17, 15) is 14.9 Å². The first-order valence-corrected chi connectivity index (χ1v) is 4.82. The molecule has 18 heavy (non-hydrogen) atoms. The van der Waals surface area contributed by atoms with Crippen molar-refractivity contribution in [2.45, 2.75) is 6.92 Å². The number of rotatable bonds is 4. The minimum absolute atomic E-state index is 0.125. The van der Waals surface area contributed by atoms with Gasteiger partial charge in [-0.15, -0.1) is 5.11 Å². The number of hydrogen-bond donors (Lipinski definition) is 0. The first-order chi connectivity index (χ1) is 8.54. The number of allylic oxidation sites excluding steroid dienone is 1. The molecule has 0 N–H and O–H groups in total. The standard InChI is InChI=1S/C10H10N4O4/c1-7(6-9(15)18-2)12-13-10-8(14(16)17)4-3-5-11-10/h3-6H,1-2H3. The average Bonchev–Trinajstić information content (AvgIpc) is 2.36. The Morgan fingerprint density at radius 2 is 2.33 bits per heavy atom. The summed E-state index contributed by atoms with van der Waals surface area (Å²) in [6.45, 7) is 1.51. The van der Waals surface area contributed by atoms with Gasteiger partial charge in [-0.05, 0) is 13.0 Å². The largest absolute Gasteiger partial charge is 0.466 e. The van der Waals surface area contributed by atoms with Crippen LogP contribution in [0.25, 0.3) is 0 Å². The van der Waals surface area contributed by atoms with Gasteiger partial charge in [-0.3, -0.25) is 10.1 Å². The molecule has 0 aliphatic rings. The first-order valence-electron chi connectivity index (χ1n) is 4.82. The third-order valence-corrected chi connectivity index (χ3v) is 1.79. The van der Waals surface area contributed by atoms with Crippen LogP contribution >= 0.6 is 0 Å². The van der Waals surface area contributed by atoms with Gasteiger partial charge in [-0.1, -0.05) is 0 Å². The van der Waals surface area contributed by atoms with E-state index in [4.69, 9.17) is 0 Å². The Kier molecular flexibility index (Phi) is 4.61. The van der Waals surface area contributed by atoms with E-state index < -0.39 is 10.9 Å². The zero-order valence-electron chi connectivity index (χ0n) is 9.73. The van der Waals surface area contributed by atoms with Gasteiger partial charge >= 0.3 is 11.7 Å². The summed E-state index contributed by atoms with van der Waals surface area (Å²) in [6.07, 6.45) is 2.47. The average molecular weight is 250 g/mol. The van der Waals surface area contributed by atoms with E-state index in [0.717, 1.165) is 6.08 Å². The molecule has 0 aliphatic heterocycles. The van der Waals surface area contributed by atoms with E-state index >= 15 is 0 Å². The van der Waals surface area contributed by atoms with Crippen molar-refractivity contribution in [3.63, 3.8) is 0 Å². The molecule has 8 heteroatoms. The Labute approximate surface area is 102 Å². The zero-order chi connectivity index (χ0) is 13.5. The topological polar surface area (TPSA) is 107 Å². The summed E-state index contributed by atoms with van der Waals surface area (Å²) in [5.74, 6) is -0.706. The highest BCUT2D eigenvalue weighted by atomic mass is 16.6. The van der Waals surface area contributed by atoms with Gasteiger partial charge in [0.1, 0.15) is 0 Å². The van der Waals surface area contributed by atoms with Crippen molar-refractivity contribution >= 4 is 17.5 Å². The minimum Gasteiger partial charge on any atom is -0.466 e. The molecule has 0 amide bonds. The summed E-state index contributed by atoms with van der Waals surface area (Å²) in [7, 11) is 1.23. The Hall–Kier alpha value is -2.64. The van der Waals surface area contributed by atoms with Gasteiger partial charge in [-0.25, -0.2) is 9.78 Å². The van der Waals surface area contributed by atoms with Crippen LogP contribution in [0.5, 0.6) is 0 Å². The van der Waals surface area contributed by atoms with Gasteiger partial charge in [0, 0.05) is 18.3 Å². The molecular formula is C10H10N4O4. The molecule has 0 saturated heterocycles. The molecule has 0 unspecified atom stereocenters. The molecule has 0 saturated carbocycles. The Morgan fingerprint density at radius 3 is 2.94 bits per heavy atom. The Balaban J connectivity index is 2.94. The highest BCUT2D eigenvalue weighted by molar-refractivity contribution is 5.82. The van der Waals surface area contributed by atoms with Crippen molar-refractivity contribution < 1.29 is 14.5 Å². The molecule has 1 aromatic heterocycles. The number of nitrogens with zero attached hydrogens (tertiary/aromatic N) is 4. The van der Waals surface area contributed by atoms with Crippen LogP contribution in [0.15, 0.2) is 40.3 Å². The predicted molar refractivity (Wildman–Crippen MR) is 61.2 cm³/mol. The lowest BCUT2D eigenvalue weighted by molar-refractivity contribution is -0.384.